The third kappa shape index (κ3) is 3.83. The minimum atomic E-state index is -0.647. The minimum absolute atomic E-state index is 0.107. The van der Waals surface area contributed by atoms with Crippen LogP contribution in [0.3, 0.4) is 0 Å². The van der Waals surface area contributed by atoms with Crippen molar-refractivity contribution < 1.29 is 9.59 Å². The Labute approximate surface area is 130 Å². The van der Waals surface area contributed by atoms with Crippen molar-refractivity contribution in [2.24, 2.45) is 0 Å². The molecule has 2 amide bonds. The average Bonchev–Trinajstić information content (AvgIpc) is 2.55. The van der Waals surface area contributed by atoms with E-state index in [1.165, 1.54) is 4.90 Å². The van der Waals surface area contributed by atoms with E-state index in [-0.39, 0.29) is 6.04 Å². The van der Waals surface area contributed by atoms with Crippen LogP contribution in [0.5, 0.6) is 0 Å². The summed E-state index contributed by atoms with van der Waals surface area (Å²) in [6.07, 6.45) is 1.76. The van der Waals surface area contributed by atoms with Crippen molar-refractivity contribution in [2.75, 3.05) is 32.5 Å². The summed E-state index contributed by atoms with van der Waals surface area (Å²) in [7, 11) is 3.73. The van der Waals surface area contributed by atoms with Crippen LogP contribution in [0.4, 0.5) is 5.69 Å². The molecule has 1 aromatic carbocycles. The molecule has 116 valence electrons. The van der Waals surface area contributed by atoms with Gasteiger partial charge in [0, 0.05) is 18.8 Å². The molecule has 6 heteroatoms. The summed E-state index contributed by atoms with van der Waals surface area (Å²) >= 11 is 0. The molecule has 0 atom stereocenters. The quantitative estimate of drug-likeness (QED) is 0.828. The zero-order valence-electron chi connectivity index (χ0n) is 12.9. The van der Waals surface area contributed by atoms with Crippen molar-refractivity contribution in [1.29, 1.82) is 5.26 Å². The van der Waals surface area contributed by atoms with E-state index in [9.17, 15) is 9.59 Å². The lowest BCUT2D eigenvalue weighted by molar-refractivity contribution is -0.144. The van der Waals surface area contributed by atoms with Gasteiger partial charge < -0.3 is 15.1 Å². The molecule has 0 aliphatic carbocycles. The number of likely N-dealkylation sites (tertiary alicyclic amines) is 1. The molecule has 0 unspecified atom stereocenters. The Morgan fingerprint density at radius 2 is 1.86 bits per heavy atom. The van der Waals surface area contributed by atoms with Gasteiger partial charge in [0.15, 0.2) is 0 Å². The smallest absolute Gasteiger partial charge is 0.313 e. The molecule has 0 radical (unpaired) electrons. The highest BCUT2D eigenvalue weighted by molar-refractivity contribution is 6.39. The van der Waals surface area contributed by atoms with E-state index >= 15 is 0 Å². The Kier molecular flexibility index (Phi) is 5.12. The van der Waals surface area contributed by atoms with Gasteiger partial charge in [-0.3, -0.25) is 9.59 Å². The molecule has 22 heavy (non-hydrogen) atoms. The lowest BCUT2D eigenvalue weighted by Crippen LogP contribution is -2.47. The summed E-state index contributed by atoms with van der Waals surface area (Å²) in [4.78, 5) is 28.0. The second-order valence-electron chi connectivity index (χ2n) is 5.59. The van der Waals surface area contributed by atoms with Crippen LogP contribution >= 0.6 is 0 Å². The summed E-state index contributed by atoms with van der Waals surface area (Å²) in [6.45, 7) is 1.86. The number of nitriles is 1. The Balaban J connectivity index is 1.93. The molecule has 1 N–H and O–H groups in total. The van der Waals surface area contributed by atoms with Gasteiger partial charge in [0.1, 0.15) is 0 Å². The molecule has 0 saturated carbocycles. The highest BCUT2D eigenvalue weighted by Gasteiger charge is 2.27. The summed E-state index contributed by atoms with van der Waals surface area (Å²) in [5.74, 6) is -1.18. The third-order valence-electron chi connectivity index (χ3n) is 4.02. The molecule has 0 bridgehead atoms. The molecular weight excluding hydrogens is 280 g/mol. The van der Waals surface area contributed by atoms with E-state index < -0.39 is 11.8 Å². The van der Waals surface area contributed by atoms with Crippen molar-refractivity contribution in [3.8, 4) is 6.07 Å². The van der Waals surface area contributed by atoms with Gasteiger partial charge in [-0.25, -0.2) is 0 Å². The second-order valence-corrected chi connectivity index (χ2v) is 5.59. The molecule has 0 spiro atoms. The van der Waals surface area contributed by atoms with Gasteiger partial charge in [-0.1, -0.05) is 0 Å². The predicted molar refractivity (Wildman–Crippen MR) is 83.1 cm³/mol. The number of carbonyl (C=O) groups is 2. The van der Waals surface area contributed by atoms with Crippen molar-refractivity contribution in [2.45, 2.75) is 18.9 Å². The number of amides is 2. The van der Waals surface area contributed by atoms with E-state index in [0.29, 0.717) is 11.3 Å². The van der Waals surface area contributed by atoms with Gasteiger partial charge in [-0.05, 0) is 57.2 Å². The third-order valence-corrected chi connectivity index (χ3v) is 4.02. The van der Waals surface area contributed by atoms with Crippen LogP contribution in [0.15, 0.2) is 24.3 Å². The Morgan fingerprint density at radius 3 is 2.41 bits per heavy atom. The van der Waals surface area contributed by atoms with Crippen LogP contribution in [0.25, 0.3) is 0 Å². The van der Waals surface area contributed by atoms with Crippen LogP contribution in [0, 0.1) is 11.3 Å². The molecule has 1 aliphatic rings. The number of nitrogens with one attached hydrogen (secondary N) is 1. The molecule has 0 aromatic heterocycles. The summed E-state index contributed by atoms with van der Waals surface area (Å²) in [5, 5.41) is 11.3. The Bertz CT molecular complexity index is 583. The fourth-order valence-electron chi connectivity index (χ4n) is 2.52. The van der Waals surface area contributed by atoms with E-state index in [2.05, 4.69) is 17.3 Å². The van der Waals surface area contributed by atoms with E-state index in [1.54, 1.807) is 31.3 Å². The molecule has 1 aliphatic heterocycles. The number of benzene rings is 1. The maximum Gasteiger partial charge on any atom is 0.313 e. The van der Waals surface area contributed by atoms with Gasteiger partial charge in [0.05, 0.1) is 11.6 Å². The number of likely N-dealkylation sites (N-methyl/N-ethyl adjacent to an activating group) is 1. The molecule has 6 nitrogen and oxygen atoms in total. The fourth-order valence-corrected chi connectivity index (χ4v) is 2.52. The van der Waals surface area contributed by atoms with Gasteiger partial charge in [0.2, 0.25) is 0 Å². The van der Waals surface area contributed by atoms with Crippen molar-refractivity contribution in [1.82, 2.24) is 9.80 Å². The molecular formula is C16H20N4O2. The van der Waals surface area contributed by atoms with Crippen LogP contribution in [-0.2, 0) is 9.59 Å². The lowest BCUT2D eigenvalue weighted by atomic mass is 10.0. The van der Waals surface area contributed by atoms with Gasteiger partial charge in [-0.15, -0.1) is 0 Å². The number of hydrogen-bond donors (Lipinski definition) is 1. The standard InChI is InChI=1S/C16H20N4O2/c1-19-9-7-14(8-10-19)20(2)16(22)15(21)18-13-5-3-12(11-17)4-6-13/h3-6,14H,7-10H2,1-2H3,(H,18,21). The molecule has 2 rings (SSSR count). The van der Waals surface area contributed by atoms with E-state index in [4.69, 9.17) is 5.26 Å². The van der Waals surface area contributed by atoms with Crippen molar-refractivity contribution in [3.63, 3.8) is 0 Å². The minimum Gasteiger partial charge on any atom is -0.334 e. The largest absolute Gasteiger partial charge is 0.334 e. The number of hydrogen-bond acceptors (Lipinski definition) is 4. The number of piperidine rings is 1. The average molecular weight is 300 g/mol. The number of rotatable bonds is 2. The second kappa shape index (κ2) is 7.05. The first-order chi connectivity index (χ1) is 10.5. The van der Waals surface area contributed by atoms with Gasteiger partial charge in [-0.2, -0.15) is 5.26 Å². The van der Waals surface area contributed by atoms with E-state index in [1.807, 2.05) is 6.07 Å². The van der Waals surface area contributed by atoms with Gasteiger partial charge >= 0.3 is 11.8 Å². The number of anilines is 1. The zero-order valence-corrected chi connectivity index (χ0v) is 12.9. The number of nitrogens with zero attached hydrogens (tertiary/aromatic N) is 3. The van der Waals surface area contributed by atoms with Crippen LogP contribution in [-0.4, -0.2) is 54.8 Å². The Morgan fingerprint density at radius 1 is 1.27 bits per heavy atom. The maximum atomic E-state index is 12.2. The van der Waals surface area contributed by atoms with Crippen molar-refractivity contribution in [3.05, 3.63) is 29.8 Å². The molecule has 1 aromatic rings. The highest BCUT2D eigenvalue weighted by atomic mass is 16.2. The molecule has 1 heterocycles. The first kappa shape index (κ1) is 16.0. The highest BCUT2D eigenvalue weighted by Crippen LogP contribution is 2.15. The van der Waals surface area contributed by atoms with E-state index in [0.717, 1.165) is 25.9 Å². The zero-order chi connectivity index (χ0) is 16.1. The predicted octanol–water partition coefficient (Wildman–Crippen LogP) is 1.05. The lowest BCUT2D eigenvalue weighted by Gasteiger charge is -2.34. The first-order valence-corrected chi connectivity index (χ1v) is 7.28. The molecule has 1 saturated heterocycles. The Hall–Kier alpha value is -2.39. The fraction of sp³-hybridized carbons (Fsp3) is 0.438. The normalized spacial score (nSPS) is 15.9. The van der Waals surface area contributed by atoms with Crippen LogP contribution in [0.2, 0.25) is 0 Å². The first-order valence-electron chi connectivity index (χ1n) is 7.28. The summed E-state index contributed by atoms with van der Waals surface area (Å²) in [6, 6.07) is 8.53. The van der Waals surface area contributed by atoms with Crippen molar-refractivity contribution >= 4 is 17.5 Å². The number of carbonyl (C=O) groups excluding carboxylic acids is 2. The monoisotopic (exact) mass is 300 g/mol. The SMILES string of the molecule is CN1CCC(N(C)C(=O)C(=O)Nc2ccc(C#N)cc2)CC1. The summed E-state index contributed by atoms with van der Waals surface area (Å²) < 4.78 is 0. The molecule has 1 fully saturated rings. The topological polar surface area (TPSA) is 76.4 Å². The maximum absolute atomic E-state index is 12.2. The summed E-state index contributed by atoms with van der Waals surface area (Å²) in [5.41, 5.74) is 1.02. The van der Waals surface area contributed by atoms with Gasteiger partial charge in [0.25, 0.3) is 0 Å². The van der Waals surface area contributed by atoms with Crippen LogP contribution < -0.4 is 5.32 Å². The van der Waals surface area contributed by atoms with Crippen LogP contribution in [0.1, 0.15) is 18.4 Å².